The number of nitrogens with one attached hydrogen (secondary N) is 1. The summed E-state index contributed by atoms with van der Waals surface area (Å²) in [5.41, 5.74) is 7.65. The van der Waals surface area contributed by atoms with E-state index in [1.165, 1.54) is 5.48 Å². The Hall–Kier alpha value is -2.21. The molecular formula is C9H8N4O2. The van der Waals surface area contributed by atoms with E-state index in [-0.39, 0.29) is 11.6 Å². The maximum Gasteiger partial charge on any atom is 0.312 e. The molecule has 1 heterocycles. The normalized spacial score (nSPS) is 10.2. The van der Waals surface area contributed by atoms with Crippen molar-refractivity contribution in [3.63, 3.8) is 0 Å². The van der Waals surface area contributed by atoms with Gasteiger partial charge in [0.05, 0.1) is 5.52 Å². The van der Waals surface area contributed by atoms with Crippen molar-refractivity contribution < 1.29 is 10.0 Å². The van der Waals surface area contributed by atoms with Gasteiger partial charge in [-0.3, -0.25) is 10.0 Å². The van der Waals surface area contributed by atoms with Crippen molar-refractivity contribution >= 4 is 22.6 Å². The molecule has 0 aliphatic rings. The van der Waals surface area contributed by atoms with E-state index < -0.39 is 5.91 Å². The van der Waals surface area contributed by atoms with Crippen LogP contribution in [-0.2, 0) is 0 Å². The lowest BCUT2D eigenvalue weighted by atomic mass is 10.2. The molecular weight excluding hydrogens is 196 g/mol. The van der Waals surface area contributed by atoms with Crippen molar-refractivity contribution in [1.82, 2.24) is 15.4 Å². The number of para-hydroxylation sites is 1. The summed E-state index contributed by atoms with van der Waals surface area (Å²) in [6.45, 7) is 0. The number of nitrogens with zero attached hydrogens (tertiary/aromatic N) is 2. The molecule has 4 N–H and O–H groups in total. The van der Waals surface area contributed by atoms with E-state index in [0.29, 0.717) is 10.9 Å². The molecule has 0 bridgehead atoms. The zero-order valence-corrected chi connectivity index (χ0v) is 7.64. The van der Waals surface area contributed by atoms with E-state index in [9.17, 15) is 4.79 Å². The second-order valence-electron chi connectivity index (χ2n) is 2.89. The van der Waals surface area contributed by atoms with Gasteiger partial charge in [-0.25, -0.2) is 15.4 Å². The number of hydroxylamine groups is 1. The minimum absolute atomic E-state index is 0.159. The van der Waals surface area contributed by atoms with Crippen LogP contribution >= 0.6 is 0 Å². The third-order valence-corrected chi connectivity index (χ3v) is 1.94. The van der Waals surface area contributed by atoms with Crippen LogP contribution in [0.1, 0.15) is 10.6 Å². The van der Waals surface area contributed by atoms with Crippen molar-refractivity contribution in [1.29, 1.82) is 0 Å². The van der Waals surface area contributed by atoms with Crippen LogP contribution in [0.25, 0.3) is 10.9 Å². The second-order valence-corrected chi connectivity index (χ2v) is 2.89. The first-order valence-electron chi connectivity index (χ1n) is 4.19. The average Bonchev–Trinajstić information content (AvgIpc) is 2.28. The minimum Gasteiger partial charge on any atom is -0.383 e. The Kier molecular flexibility index (Phi) is 2.18. The average molecular weight is 204 g/mol. The molecule has 0 radical (unpaired) electrons. The number of hydrogen-bond acceptors (Lipinski definition) is 5. The molecule has 0 aliphatic heterocycles. The summed E-state index contributed by atoms with van der Waals surface area (Å²) in [5.74, 6) is -0.736. The van der Waals surface area contributed by atoms with Gasteiger partial charge in [-0.2, -0.15) is 0 Å². The highest BCUT2D eigenvalue weighted by Crippen LogP contribution is 2.16. The molecule has 0 aliphatic carbocycles. The van der Waals surface area contributed by atoms with Crippen LogP contribution < -0.4 is 11.2 Å². The standard InChI is InChI=1S/C9H8N4O2/c10-7-5-3-1-2-4-6(5)11-8(12-7)9(14)13-15/h1-4,15H,(H,13,14)(H2,10,11,12). The molecule has 1 amide bonds. The molecule has 0 saturated carbocycles. The van der Waals surface area contributed by atoms with E-state index in [4.69, 9.17) is 10.9 Å². The maximum atomic E-state index is 11.1. The highest BCUT2D eigenvalue weighted by molar-refractivity contribution is 5.95. The lowest BCUT2D eigenvalue weighted by molar-refractivity contribution is 0.0695. The first-order valence-corrected chi connectivity index (χ1v) is 4.19. The molecule has 2 aromatic rings. The fourth-order valence-corrected chi connectivity index (χ4v) is 1.25. The molecule has 2 rings (SSSR count). The van der Waals surface area contributed by atoms with Gasteiger partial charge in [0.1, 0.15) is 5.82 Å². The first-order chi connectivity index (χ1) is 7.22. The number of carbonyl (C=O) groups is 1. The summed E-state index contributed by atoms with van der Waals surface area (Å²) in [6.07, 6.45) is 0. The largest absolute Gasteiger partial charge is 0.383 e. The number of anilines is 1. The molecule has 0 unspecified atom stereocenters. The number of carbonyl (C=O) groups excluding carboxylic acids is 1. The van der Waals surface area contributed by atoms with E-state index in [0.717, 1.165) is 0 Å². The maximum absolute atomic E-state index is 11.1. The smallest absolute Gasteiger partial charge is 0.312 e. The fourth-order valence-electron chi connectivity index (χ4n) is 1.25. The second kappa shape index (κ2) is 3.50. The predicted octanol–water partition coefficient (Wildman–Crippen LogP) is 0.331. The van der Waals surface area contributed by atoms with Gasteiger partial charge in [0.15, 0.2) is 0 Å². The number of fused-ring (bicyclic) bond motifs is 1. The van der Waals surface area contributed by atoms with Crippen molar-refractivity contribution in [3.8, 4) is 0 Å². The van der Waals surface area contributed by atoms with Gasteiger partial charge in [0.2, 0.25) is 5.82 Å². The van der Waals surface area contributed by atoms with Crippen LogP contribution in [0.2, 0.25) is 0 Å². The fraction of sp³-hybridized carbons (Fsp3) is 0. The van der Waals surface area contributed by atoms with Crippen molar-refractivity contribution in [2.75, 3.05) is 5.73 Å². The minimum atomic E-state index is -0.785. The quantitative estimate of drug-likeness (QED) is 0.459. The number of rotatable bonds is 1. The van der Waals surface area contributed by atoms with Gasteiger partial charge in [0.25, 0.3) is 0 Å². The first kappa shape index (κ1) is 9.35. The van der Waals surface area contributed by atoms with Crippen LogP contribution in [0, 0.1) is 0 Å². The number of hydrogen-bond donors (Lipinski definition) is 3. The summed E-state index contributed by atoms with van der Waals surface area (Å²) in [7, 11) is 0. The summed E-state index contributed by atoms with van der Waals surface area (Å²) < 4.78 is 0. The highest BCUT2D eigenvalue weighted by atomic mass is 16.5. The molecule has 1 aromatic carbocycles. The Bertz CT molecular complexity index is 527. The third kappa shape index (κ3) is 1.57. The lowest BCUT2D eigenvalue weighted by Gasteiger charge is -2.02. The van der Waals surface area contributed by atoms with Crippen LogP contribution in [-0.4, -0.2) is 21.1 Å². The Morgan fingerprint density at radius 2 is 2.07 bits per heavy atom. The summed E-state index contributed by atoms with van der Waals surface area (Å²) in [6, 6.07) is 7.04. The molecule has 1 aromatic heterocycles. The number of amides is 1. The van der Waals surface area contributed by atoms with Gasteiger partial charge >= 0.3 is 5.91 Å². The van der Waals surface area contributed by atoms with Crippen LogP contribution in [0.5, 0.6) is 0 Å². The molecule has 0 fully saturated rings. The van der Waals surface area contributed by atoms with Gasteiger partial charge in [-0.1, -0.05) is 12.1 Å². The zero-order valence-electron chi connectivity index (χ0n) is 7.64. The van der Waals surface area contributed by atoms with E-state index in [1.54, 1.807) is 24.3 Å². The highest BCUT2D eigenvalue weighted by Gasteiger charge is 2.10. The Morgan fingerprint density at radius 1 is 1.33 bits per heavy atom. The molecule has 0 atom stereocenters. The van der Waals surface area contributed by atoms with Gasteiger partial charge < -0.3 is 5.73 Å². The SMILES string of the molecule is Nc1nc(C(=O)NO)nc2ccccc12. The molecule has 6 heteroatoms. The Balaban J connectivity index is 2.67. The van der Waals surface area contributed by atoms with Crippen molar-refractivity contribution in [3.05, 3.63) is 30.1 Å². The number of nitrogen functional groups attached to an aromatic ring is 1. The molecule has 0 saturated heterocycles. The topological polar surface area (TPSA) is 101 Å². The van der Waals surface area contributed by atoms with E-state index in [1.807, 2.05) is 0 Å². The molecule has 6 nitrogen and oxygen atoms in total. The van der Waals surface area contributed by atoms with Crippen LogP contribution in [0.15, 0.2) is 24.3 Å². The summed E-state index contributed by atoms with van der Waals surface area (Å²) >= 11 is 0. The van der Waals surface area contributed by atoms with Gasteiger partial charge in [0, 0.05) is 5.39 Å². The van der Waals surface area contributed by atoms with E-state index in [2.05, 4.69) is 9.97 Å². The lowest BCUT2D eigenvalue weighted by Crippen LogP contribution is -2.22. The van der Waals surface area contributed by atoms with Crippen molar-refractivity contribution in [2.24, 2.45) is 0 Å². The molecule has 15 heavy (non-hydrogen) atoms. The number of benzene rings is 1. The summed E-state index contributed by atoms with van der Waals surface area (Å²) in [5, 5.41) is 9.10. The van der Waals surface area contributed by atoms with Crippen molar-refractivity contribution in [2.45, 2.75) is 0 Å². The predicted molar refractivity (Wildman–Crippen MR) is 53.2 cm³/mol. The Labute approximate surface area is 84.7 Å². The van der Waals surface area contributed by atoms with Crippen LogP contribution in [0.4, 0.5) is 5.82 Å². The van der Waals surface area contributed by atoms with Gasteiger partial charge in [-0.05, 0) is 12.1 Å². The Morgan fingerprint density at radius 3 is 2.80 bits per heavy atom. The zero-order chi connectivity index (χ0) is 10.8. The van der Waals surface area contributed by atoms with Crippen LogP contribution in [0.3, 0.4) is 0 Å². The molecule has 0 spiro atoms. The number of nitrogens with two attached hydrogens (primary N) is 1. The molecule has 76 valence electrons. The third-order valence-electron chi connectivity index (χ3n) is 1.94. The number of aromatic nitrogens is 2. The van der Waals surface area contributed by atoms with E-state index >= 15 is 0 Å². The summed E-state index contributed by atoms with van der Waals surface area (Å²) in [4.78, 5) is 18.8. The van der Waals surface area contributed by atoms with Gasteiger partial charge in [-0.15, -0.1) is 0 Å². The monoisotopic (exact) mass is 204 g/mol.